The lowest BCUT2D eigenvalue weighted by molar-refractivity contribution is 0.304. The van der Waals surface area contributed by atoms with Gasteiger partial charge in [0.2, 0.25) is 11.2 Å². The van der Waals surface area contributed by atoms with Crippen LogP contribution in [0.5, 0.6) is 28.7 Å². The van der Waals surface area contributed by atoms with E-state index in [-0.39, 0.29) is 40.4 Å². The molecule has 4 rings (SSSR count). The van der Waals surface area contributed by atoms with E-state index in [4.69, 9.17) is 14.4 Å². The van der Waals surface area contributed by atoms with Crippen LogP contribution in [0.15, 0.2) is 63.8 Å². The standard InChI is InChI=1S/C23H15NO7/c24-10-12-1-3-13(4-2-12)11-30-15-8-18(27)20-19(9-15)31-23(22(29)21(20)28)14-5-6-16(25)17(26)7-14/h1-9,25-27,29H,11H2. The molecule has 0 aliphatic rings. The summed E-state index contributed by atoms with van der Waals surface area (Å²) in [6.07, 6.45) is 0. The fraction of sp³-hybridized carbons (Fsp3) is 0.0435. The minimum absolute atomic E-state index is 0.0415. The van der Waals surface area contributed by atoms with E-state index in [0.717, 1.165) is 11.6 Å². The first kappa shape index (κ1) is 19.7. The number of nitriles is 1. The van der Waals surface area contributed by atoms with Crippen LogP contribution in [0, 0.1) is 11.3 Å². The molecule has 1 heterocycles. The van der Waals surface area contributed by atoms with Crippen LogP contribution in [0.2, 0.25) is 0 Å². The van der Waals surface area contributed by atoms with Gasteiger partial charge >= 0.3 is 0 Å². The first-order valence-corrected chi connectivity index (χ1v) is 9.04. The molecule has 0 fully saturated rings. The zero-order valence-electron chi connectivity index (χ0n) is 15.9. The van der Waals surface area contributed by atoms with Gasteiger partial charge in [-0.2, -0.15) is 5.26 Å². The molecule has 8 nitrogen and oxygen atoms in total. The third-order valence-corrected chi connectivity index (χ3v) is 4.65. The Morgan fingerprint density at radius 2 is 1.65 bits per heavy atom. The first-order valence-electron chi connectivity index (χ1n) is 9.04. The van der Waals surface area contributed by atoms with E-state index in [1.165, 1.54) is 24.3 Å². The Kier molecular flexibility index (Phi) is 4.85. The minimum atomic E-state index is -0.861. The van der Waals surface area contributed by atoms with E-state index in [0.29, 0.717) is 5.56 Å². The van der Waals surface area contributed by atoms with E-state index in [1.54, 1.807) is 24.3 Å². The molecule has 0 unspecified atom stereocenters. The molecule has 0 saturated heterocycles. The smallest absolute Gasteiger partial charge is 0.238 e. The molecule has 31 heavy (non-hydrogen) atoms. The van der Waals surface area contributed by atoms with E-state index in [1.807, 2.05) is 6.07 Å². The summed E-state index contributed by atoms with van der Waals surface area (Å²) in [5, 5.41) is 48.4. The van der Waals surface area contributed by atoms with Gasteiger partial charge in [-0.25, -0.2) is 0 Å². The predicted octanol–water partition coefficient (Wildman–Crippen LogP) is 3.73. The molecule has 0 spiro atoms. The van der Waals surface area contributed by atoms with Crippen LogP contribution in [0.25, 0.3) is 22.3 Å². The van der Waals surface area contributed by atoms with E-state index < -0.39 is 22.7 Å². The van der Waals surface area contributed by atoms with Gasteiger partial charge in [0.25, 0.3) is 0 Å². The summed E-state index contributed by atoms with van der Waals surface area (Å²) < 4.78 is 11.3. The van der Waals surface area contributed by atoms with E-state index in [9.17, 15) is 25.2 Å². The maximum absolute atomic E-state index is 12.6. The van der Waals surface area contributed by atoms with Crippen LogP contribution in [-0.2, 0) is 6.61 Å². The van der Waals surface area contributed by atoms with Crippen molar-refractivity contribution in [3.63, 3.8) is 0 Å². The number of fused-ring (bicyclic) bond motifs is 1. The maximum atomic E-state index is 12.6. The van der Waals surface area contributed by atoms with Gasteiger partial charge < -0.3 is 29.6 Å². The average Bonchev–Trinajstić information content (AvgIpc) is 2.76. The van der Waals surface area contributed by atoms with Crippen LogP contribution < -0.4 is 10.2 Å². The highest BCUT2D eigenvalue weighted by atomic mass is 16.5. The summed E-state index contributed by atoms with van der Waals surface area (Å²) >= 11 is 0. The number of ether oxygens (including phenoxy) is 1. The van der Waals surface area contributed by atoms with Crippen molar-refractivity contribution in [1.29, 1.82) is 5.26 Å². The van der Waals surface area contributed by atoms with Gasteiger partial charge in [-0.1, -0.05) is 12.1 Å². The molecule has 8 heteroatoms. The molecule has 0 bridgehead atoms. The molecule has 4 aromatic rings. The van der Waals surface area contributed by atoms with Gasteiger partial charge in [0.1, 0.15) is 29.1 Å². The number of nitrogens with zero attached hydrogens (tertiary/aromatic N) is 1. The topological polar surface area (TPSA) is 144 Å². The summed E-state index contributed by atoms with van der Waals surface area (Å²) in [5.74, 6) is -2.04. The zero-order chi connectivity index (χ0) is 22.1. The van der Waals surface area contributed by atoms with E-state index in [2.05, 4.69) is 0 Å². The zero-order valence-corrected chi connectivity index (χ0v) is 15.9. The second kappa shape index (κ2) is 7.65. The van der Waals surface area contributed by atoms with Gasteiger partial charge in [-0.3, -0.25) is 4.79 Å². The van der Waals surface area contributed by atoms with Crippen molar-refractivity contribution in [3.05, 3.63) is 75.9 Å². The van der Waals surface area contributed by atoms with Gasteiger partial charge in [-0.15, -0.1) is 0 Å². The molecule has 0 aliphatic carbocycles. The summed E-state index contributed by atoms with van der Waals surface area (Å²) in [7, 11) is 0. The van der Waals surface area contributed by atoms with Crippen molar-refractivity contribution in [2.75, 3.05) is 0 Å². The number of phenolic OH excluding ortho intramolecular Hbond substituents is 3. The Bertz CT molecular complexity index is 1400. The monoisotopic (exact) mass is 417 g/mol. The van der Waals surface area contributed by atoms with Crippen molar-refractivity contribution < 1.29 is 29.6 Å². The lowest BCUT2D eigenvalue weighted by atomic mass is 10.1. The summed E-state index contributed by atoms with van der Waals surface area (Å²) in [6, 6.07) is 15.1. The molecular weight excluding hydrogens is 402 g/mol. The number of rotatable bonds is 4. The van der Waals surface area contributed by atoms with Gasteiger partial charge in [0.05, 0.1) is 11.6 Å². The van der Waals surface area contributed by atoms with Crippen molar-refractivity contribution in [2.24, 2.45) is 0 Å². The van der Waals surface area contributed by atoms with Crippen molar-refractivity contribution in [3.8, 4) is 46.1 Å². The Morgan fingerprint density at radius 1 is 0.903 bits per heavy atom. The summed E-state index contributed by atoms with van der Waals surface area (Å²) in [4.78, 5) is 12.6. The molecule has 0 aliphatic heterocycles. The number of benzene rings is 3. The Morgan fingerprint density at radius 3 is 2.32 bits per heavy atom. The SMILES string of the molecule is N#Cc1ccc(COc2cc(O)c3c(=O)c(O)c(-c4ccc(O)c(O)c4)oc3c2)cc1. The highest BCUT2D eigenvalue weighted by Crippen LogP contribution is 2.38. The van der Waals surface area contributed by atoms with E-state index >= 15 is 0 Å². The normalized spacial score (nSPS) is 10.7. The Balaban J connectivity index is 1.74. The third kappa shape index (κ3) is 3.68. The Labute approximate surface area is 175 Å². The predicted molar refractivity (Wildman–Crippen MR) is 110 cm³/mol. The molecule has 4 N–H and O–H groups in total. The molecule has 0 saturated carbocycles. The van der Waals surface area contributed by atoms with Gasteiger partial charge in [-0.05, 0) is 35.9 Å². The molecule has 0 amide bonds. The van der Waals surface area contributed by atoms with Crippen LogP contribution in [0.3, 0.4) is 0 Å². The number of hydrogen-bond donors (Lipinski definition) is 4. The summed E-state index contributed by atoms with van der Waals surface area (Å²) in [6.45, 7) is 0.137. The molecule has 0 radical (unpaired) electrons. The van der Waals surface area contributed by atoms with Gasteiger partial charge in [0.15, 0.2) is 17.3 Å². The minimum Gasteiger partial charge on any atom is -0.507 e. The maximum Gasteiger partial charge on any atom is 0.238 e. The quantitative estimate of drug-likeness (QED) is 0.368. The average molecular weight is 417 g/mol. The third-order valence-electron chi connectivity index (χ3n) is 4.65. The van der Waals surface area contributed by atoms with Crippen molar-refractivity contribution in [1.82, 2.24) is 0 Å². The van der Waals surface area contributed by atoms with Gasteiger partial charge in [0, 0.05) is 17.7 Å². The van der Waals surface area contributed by atoms with Crippen molar-refractivity contribution in [2.45, 2.75) is 6.61 Å². The van der Waals surface area contributed by atoms with Crippen LogP contribution in [-0.4, -0.2) is 20.4 Å². The number of aromatic hydroxyl groups is 4. The van der Waals surface area contributed by atoms with Crippen LogP contribution >= 0.6 is 0 Å². The van der Waals surface area contributed by atoms with Crippen LogP contribution in [0.4, 0.5) is 0 Å². The second-order valence-electron chi connectivity index (χ2n) is 6.73. The fourth-order valence-electron chi connectivity index (χ4n) is 3.05. The van der Waals surface area contributed by atoms with Crippen LogP contribution in [0.1, 0.15) is 11.1 Å². The molecule has 0 atom stereocenters. The summed E-state index contributed by atoms with van der Waals surface area (Å²) in [5.41, 5.74) is 0.544. The number of hydrogen-bond acceptors (Lipinski definition) is 8. The number of phenols is 3. The Hall–Kier alpha value is -4.64. The largest absolute Gasteiger partial charge is 0.507 e. The second-order valence-corrected chi connectivity index (χ2v) is 6.73. The lowest BCUT2D eigenvalue weighted by Gasteiger charge is -2.11. The van der Waals surface area contributed by atoms with Crippen molar-refractivity contribution >= 4 is 11.0 Å². The molecular formula is C23H15NO7. The molecule has 3 aromatic carbocycles. The fourth-order valence-corrected chi connectivity index (χ4v) is 3.05. The lowest BCUT2D eigenvalue weighted by Crippen LogP contribution is -2.04. The molecule has 1 aromatic heterocycles. The highest BCUT2D eigenvalue weighted by molar-refractivity contribution is 5.88. The highest BCUT2D eigenvalue weighted by Gasteiger charge is 2.20. The molecule has 154 valence electrons. The first-order chi connectivity index (χ1) is 14.9.